The summed E-state index contributed by atoms with van der Waals surface area (Å²) in [6.45, 7) is 0.0848. The molecule has 3 heterocycles. The number of carbonyl (C=O) groups excluding carboxylic acids is 3. The fraction of sp³-hybridized carbons (Fsp3) is 0.400. The third-order valence-corrected chi connectivity index (χ3v) is 6.31. The molecule has 2 aromatic heterocycles. The van der Waals surface area contributed by atoms with Crippen molar-refractivity contribution in [3.05, 3.63) is 40.2 Å². The Bertz CT molecular complexity index is 989. The molecule has 29 heavy (non-hydrogen) atoms. The molecule has 9 heteroatoms. The van der Waals surface area contributed by atoms with Gasteiger partial charge in [-0.3, -0.25) is 14.4 Å². The zero-order valence-corrected chi connectivity index (χ0v) is 16.4. The minimum atomic E-state index is -0.606. The zero-order valence-electron chi connectivity index (χ0n) is 15.6. The summed E-state index contributed by atoms with van der Waals surface area (Å²) in [6, 6.07) is 5.66. The van der Waals surface area contributed by atoms with Crippen molar-refractivity contribution in [3.63, 3.8) is 0 Å². The Kier molecular flexibility index (Phi) is 5.36. The summed E-state index contributed by atoms with van der Waals surface area (Å²) in [5, 5.41) is 12.6. The summed E-state index contributed by atoms with van der Waals surface area (Å²) >= 11 is 1.41. The average molecular weight is 413 g/mol. The van der Waals surface area contributed by atoms with Crippen LogP contribution in [0.25, 0.3) is 0 Å². The standard InChI is InChI=1S/C20H19N3O5S/c21-8-15-14-4-1-5-16(14)29-19(15)22-17(24)11-28-20(26)12-7-18(25)23(9-12)10-13-3-2-6-27-13/h2-3,6,12H,1,4-5,7,9-11H2,(H,22,24)/t12-/m1/s1. The number of aryl methyl sites for hydroxylation is 1. The van der Waals surface area contributed by atoms with E-state index in [2.05, 4.69) is 11.4 Å². The first-order valence-corrected chi connectivity index (χ1v) is 10.2. The number of rotatable bonds is 6. The van der Waals surface area contributed by atoms with Crippen LogP contribution in [-0.4, -0.2) is 35.8 Å². The highest BCUT2D eigenvalue weighted by molar-refractivity contribution is 7.16. The maximum absolute atomic E-state index is 12.3. The first kappa shape index (κ1) is 19.2. The number of amides is 2. The molecule has 1 N–H and O–H groups in total. The van der Waals surface area contributed by atoms with Crippen LogP contribution in [0, 0.1) is 17.2 Å². The van der Waals surface area contributed by atoms with Crippen LogP contribution in [0.15, 0.2) is 22.8 Å². The first-order valence-electron chi connectivity index (χ1n) is 9.36. The van der Waals surface area contributed by atoms with Crippen molar-refractivity contribution in [2.24, 2.45) is 5.92 Å². The molecule has 0 radical (unpaired) electrons. The lowest BCUT2D eigenvalue weighted by Crippen LogP contribution is -2.28. The van der Waals surface area contributed by atoms with Gasteiger partial charge in [0.15, 0.2) is 6.61 Å². The van der Waals surface area contributed by atoms with Gasteiger partial charge >= 0.3 is 5.97 Å². The van der Waals surface area contributed by atoms with Crippen LogP contribution in [-0.2, 0) is 38.5 Å². The predicted octanol–water partition coefficient (Wildman–Crippen LogP) is 2.23. The summed E-state index contributed by atoms with van der Waals surface area (Å²) in [6.07, 6.45) is 4.38. The van der Waals surface area contributed by atoms with Crippen LogP contribution in [0.4, 0.5) is 5.00 Å². The number of esters is 1. The monoisotopic (exact) mass is 413 g/mol. The minimum absolute atomic E-state index is 0.0530. The van der Waals surface area contributed by atoms with Crippen molar-refractivity contribution in [1.29, 1.82) is 5.26 Å². The van der Waals surface area contributed by atoms with Gasteiger partial charge in [-0.25, -0.2) is 0 Å². The highest BCUT2D eigenvalue weighted by atomic mass is 32.1. The number of fused-ring (bicyclic) bond motifs is 1. The van der Waals surface area contributed by atoms with Crippen LogP contribution >= 0.6 is 11.3 Å². The number of likely N-dealkylation sites (tertiary alicyclic amines) is 1. The molecular weight excluding hydrogens is 394 g/mol. The van der Waals surface area contributed by atoms with Crippen molar-refractivity contribution in [2.75, 3.05) is 18.5 Å². The second-order valence-corrected chi connectivity index (χ2v) is 8.19. The molecule has 150 valence electrons. The minimum Gasteiger partial charge on any atom is -0.467 e. The maximum Gasteiger partial charge on any atom is 0.311 e. The normalized spacial score (nSPS) is 17.8. The van der Waals surface area contributed by atoms with E-state index in [1.165, 1.54) is 22.5 Å². The van der Waals surface area contributed by atoms with Crippen LogP contribution in [0.2, 0.25) is 0 Å². The van der Waals surface area contributed by atoms with Gasteiger partial charge in [-0.15, -0.1) is 11.3 Å². The van der Waals surface area contributed by atoms with Crippen LogP contribution in [0.5, 0.6) is 0 Å². The molecule has 1 aliphatic heterocycles. The molecule has 0 spiro atoms. The van der Waals surface area contributed by atoms with E-state index in [1.807, 2.05) is 0 Å². The van der Waals surface area contributed by atoms with Gasteiger partial charge in [-0.05, 0) is 37.0 Å². The molecule has 4 rings (SSSR count). The fourth-order valence-electron chi connectivity index (χ4n) is 3.70. The highest BCUT2D eigenvalue weighted by Crippen LogP contribution is 2.38. The molecule has 2 aliphatic rings. The van der Waals surface area contributed by atoms with E-state index in [4.69, 9.17) is 9.15 Å². The Labute approximate surface area is 171 Å². The largest absolute Gasteiger partial charge is 0.467 e. The number of anilines is 1. The third kappa shape index (κ3) is 4.03. The van der Waals surface area contributed by atoms with Crippen molar-refractivity contribution < 1.29 is 23.5 Å². The van der Waals surface area contributed by atoms with Gasteiger partial charge < -0.3 is 19.4 Å². The Morgan fingerprint density at radius 3 is 3.03 bits per heavy atom. The number of nitriles is 1. The van der Waals surface area contributed by atoms with Gasteiger partial charge in [0, 0.05) is 17.8 Å². The zero-order chi connectivity index (χ0) is 20.4. The van der Waals surface area contributed by atoms with Gasteiger partial charge in [-0.1, -0.05) is 0 Å². The number of nitrogens with one attached hydrogen (secondary N) is 1. The molecule has 0 aromatic carbocycles. The lowest BCUT2D eigenvalue weighted by Gasteiger charge is -2.14. The number of ether oxygens (including phenoxy) is 1. The van der Waals surface area contributed by atoms with Crippen molar-refractivity contribution in [3.8, 4) is 6.07 Å². The van der Waals surface area contributed by atoms with Gasteiger partial charge in [0.1, 0.15) is 16.8 Å². The third-order valence-electron chi connectivity index (χ3n) is 5.11. The Hall–Kier alpha value is -3.12. The van der Waals surface area contributed by atoms with Crippen LogP contribution < -0.4 is 5.32 Å². The Morgan fingerprint density at radius 1 is 1.41 bits per heavy atom. The summed E-state index contributed by atoms with van der Waals surface area (Å²) in [5.74, 6) is -1.19. The molecule has 1 saturated heterocycles. The second kappa shape index (κ2) is 8.09. The maximum atomic E-state index is 12.3. The summed E-state index contributed by atoms with van der Waals surface area (Å²) in [5.41, 5.74) is 1.53. The van der Waals surface area contributed by atoms with Gasteiger partial charge in [0.2, 0.25) is 5.91 Å². The van der Waals surface area contributed by atoms with Crippen LogP contribution in [0.1, 0.15) is 34.6 Å². The molecule has 2 amide bonds. The molecule has 0 unspecified atom stereocenters. The van der Waals surface area contributed by atoms with Crippen molar-refractivity contribution in [2.45, 2.75) is 32.2 Å². The van der Waals surface area contributed by atoms with E-state index in [9.17, 15) is 19.6 Å². The van der Waals surface area contributed by atoms with Crippen LogP contribution in [0.3, 0.4) is 0 Å². The number of nitrogens with zero attached hydrogens (tertiary/aromatic N) is 2. The molecule has 0 saturated carbocycles. The number of thiophene rings is 1. The van der Waals surface area contributed by atoms with Crippen molar-refractivity contribution >= 4 is 34.1 Å². The SMILES string of the molecule is N#Cc1c(NC(=O)COC(=O)[C@@H]2CC(=O)N(Cc3ccco3)C2)sc2c1CCC2. The Balaban J connectivity index is 1.28. The van der Waals surface area contributed by atoms with Gasteiger partial charge in [0.25, 0.3) is 5.91 Å². The number of carbonyl (C=O) groups is 3. The molecule has 1 aliphatic carbocycles. The summed E-state index contributed by atoms with van der Waals surface area (Å²) < 4.78 is 10.3. The summed E-state index contributed by atoms with van der Waals surface area (Å²) in [4.78, 5) is 39.2. The highest BCUT2D eigenvalue weighted by Gasteiger charge is 2.36. The molecule has 1 atom stereocenters. The summed E-state index contributed by atoms with van der Waals surface area (Å²) in [7, 11) is 0. The smallest absolute Gasteiger partial charge is 0.311 e. The number of hydrogen-bond donors (Lipinski definition) is 1. The lowest BCUT2D eigenvalue weighted by molar-refractivity contribution is -0.151. The molecule has 0 bridgehead atoms. The number of furan rings is 1. The Morgan fingerprint density at radius 2 is 2.28 bits per heavy atom. The fourth-order valence-corrected chi connectivity index (χ4v) is 4.96. The van der Waals surface area contributed by atoms with E-state index < -0.39 is 24.4 Å². The number of hydrogen-bond acceptors (Lipinski definition) is 7. The molecular formula is C20H19N3O5S. The molecule has 2 aromatic rings. The topological polar surface area (TPSA) is 113 Å². The van der Waals surface area contributed by atoms with Gasteiger partial charge in [0.05, 0.1) is 24.3 Å². The van der Waals surface area contributed by atoms with E-state index in [-0.39, 0.29) is 18.9 Å². The van der Waals surface area contributed by atoms with E-state index >= 15 is 0 Å². The molecule has 8 nitrogen and oxygen atoms in total. The average Bonchev–Trinajstić information content (AvgIpc) is 3.46. The van der Waals surface area contributed by atoms with Crippen molar-refractivity contribution in [1.82, 2.24) is 4.90 Å². The molecule has 1 fully saturated rings. The van der Waals surface area contributed by atoms with Gasteiger partial charge in [-0.2, -0.15) is 5.26 Å². The van der Waals surface area contributed by atoms with E-state index in [1.54, 1.807) is 12.1 Å². The first-order chi connectivity index (χ1) is 14.0. The quantitative estimate of drug-likeness (QED) is 0.727. The van der Waals surface area contributed by atoms with E-state index in [0.717, 1.165) is 29.7 Å². The lowest BCUT2D eigenvalue weighted by atomic mass is 10.1. The second-order valence-electron chi connectivity index (χ2n) is 7.08. The predicted molar refractivity (Wildman–Crippen MR) is 103 cm³/mol. The van der Waals surface area contributed by atoms with E-state index in [0.29, 0.717) is 22.9 Å².